The third-order valence-electron chi connectivity index (χ3n) is 5.46. The fourth-order valence-corrected chi connectivity index (χ4v) is 3.62. The molecule has 29 heavy (non-hydrogen) atoms. The van der Waals surface area contributed by atoms with Crippen molar-refractivity contribution in [1.82, 2.24) is 0 Å². The molecule has 3 rings (SSSR count). The van der Waals surface area contributed by atoms with Gasteiger partial charge in [0.15, 0.2) is 12.6 Å². The van der Waals surface area contributed by atoms with Crippen LogP contribution < -0.4 is 0 Å². The second-order valence-corrected chi connectivity index (χ2v) is 8.09. The van der Waals surface area contributed by atoms with Crippen LogP contribution in [-0.2, 0) is 23.7 Å². The number of ether oxygens (including phenoxy) is 5. The molecule has 3 heterocycles. The Morgan fingerprint density at radius 3 is 1.97 bits per heavy atom. The summed E-state index contributed by atoms with van der Waals surface area (Å²) in [5.41, 5.74) is -1.26. The number of hydrogen-bond donors (Lipinski definition) is 7. The van der Waals surface area contributed by atoms with Crippen molar-refractivity contribution >= 4 is 0 Å². The van der Waals surface area contributed by atoms with Crippen molar-refractivity contribution in [2.45, 2.75) is 87.0 Å². The predicted molar refractivity (Wildman–Crippen MR) is 91.3 cm³/mol. The molecule has 11 atom stereocenters. The van der Waals surface area contributed by atoms with E-state index in [2.05, 4.69) is 0 Å². The number of fused-ring (bicyclic) bond motifs is 1. The van der Waals surface area contributed by atoms with Crippen LogP contribution in [-0.4, -0.2) is 129 Å². The van der Waals surface area contributed by atoms with E-state index in [1.54, 1.807) is 0 Å². The van der Waals surface area contributed by atoms with E-state index in [1.807, 2.05) is 0 Å². The lowest BCUT2D eigenvalue weighted by Gasteiger charge is -2.50. The molecule has 3 fully saturated rings. The van der Waals surface area contributed by atoms with Gasteiger partial charge in [-0.1, -0.05) is 0 Å². The molecule has 12 nitrogen and oxygen atoms in total. The van der Waals surface area contributed by atoms with Crippen LogP contribution >= 0.6 is 0 Å². The highest BCUT2D eigenvalue weighted by molar-refractivity contribution is 4.97. The highest BCUT2D eigenvalue weighted by Crippen LogP contribution is 2.34. The standard InChI is InChI=1S/C17H30O12/c1-17(2,24)8-5-25-13-7(4-19)27-16(12(23)14(13)28-8)29-15-11(22)10(21)9(20)6(3-18)26-15/h6-16,18-24H,3-5H2,1-2H3/t6-,7?,8-,9-,10?,11?,12+,13?,14-,15-,16-/m1/s1. The molecule has 3 aliphatic rings. The molecule has 170 valence electrons. The highest BCUT2D eigenvalue weighted by atomic mass is 16.8. The molecule has 0 aromatic carbocycles. The average molecular weight is 426 g/mol. The van der Waals surface area contributed by atoms with E-state index in [0.717, 1.165) is 0 Å². The summed E-state index contributed by atoms with van der Waals surface area (Å²) in [5, 5.41) is 69.7. The fourth-order valence-electron chi connectivity index (χ4n) is 3.62. The van der Waals surface area contributed by atoms with Crippen LogP contribution in [0.15, 0.2) is 0 Å². The second kappa shape index (κ2) is 8.94. The highest BCUT2D eigenvalue weighted by Gasteiger charge is 2.54. The zero-order valence-corrected chi connectivity index (χ0v) is 16.1. The van der Waals surface area contributed by atoms with E-state index in [9.17, 15) is 35.7 Å². The van der Waals surface area contributed by atoms with Gasteiger partial charge in [0.25, 0.3) is 0 Å². The Hall–Kier alpha value is -0.480. The maximum absolute atomic E-state index is 10.7. The molecule has 0 radical (unpaired) electrons. The van der Waals surface area contributed by atoms with Gasteiger partial charge in [-0.25, -0.2) is 0 Å². The van der Waals surface area contributed by atoms with Crippen LogP contribution in [0, 0.1) is 0 Å². The summed E-state index contributed by atoms with van der Waals surface area (Å²) in [5.74, 6) is 0. The van der Waals surface area contributed by atoms with Gasteiger partial charge in [-0.15, -0.1) is 0 Å². The molecular weight excluding hydrogens is 396 g/mol. The van der Waals surface area contributed by atoms with Crippen molar-refractivity contribution in [1.29, 1.82) is 0 Å². The number of rotatable bonds is 5. The number of aliphatic hydroxyl groups excluding tert-OH is 6. The van der Waals surface area contributed by atoms with Crippen molar-refractivity contribution in [2.24, 2.45) is 0 Å². The van der Waals surface area contributed by atoms with Crippen LogP contribution in [0.2, 0.25) is 0 Å². The van der Waals surface area contributed by atoms with Gasteiger partial charge in [0.1, 0.15) is 54.9 Å². The Morgan fingerprint density at radius 2 is 1.38 bits per heavy atom. The Labute approximate surface area is 167 Å². The van der Waals surface area contributed by atoms with Crippen LogP contribution in [0.4, 0.5) is 0 Å². The SMILES string of the molecule is CC(C)(O)[C@H]1COC2C(CO)O[C@H](O[C@H]3O[C@H](CO)[C@@H](O)C(O)C3O)[C@@H](O)[C@H]2O1. The molecule has 0 aromatic rings. The van der Waals surface area contributed by atoms with Gasteiger partial charge in [-0.05, 0) is 13.8 Å². The molecular formula is C17H30O12. The molecule has 0 aromatic heterocycles. The fraction of sp³-hybridized carbons (Fsp3) is 1.00. The lowest BCUT2D eigenvalue weighted by atomic mass is 9.94. The van der Waals surface area contributed by atoms with Crippen molar-refractivity contribution < 1.29 is 59.4 Å². The summed E-state index contributed by atoms with van der Waals surface area (Å²) in [7, 11) is 0. The van der Waals surface area contributed by atoms with Gasteiger partial charge in [0, 0.05) is 0 Å². The van der Waals surface area contributed by atoms with E-state index in [-0.39, 0.29) is 6.61 Å². The zero-order valence-electron chi connectivity index (χ0n) is 16.1. The maximum atomic E-state index is 10.7. The third kappa shape index (κ3) is 4.59. The Kier molecular flexibility index (Phi) is 7.15. The van der Waals surface area contributed by atoms with Crippen molar-refractivity contribution in [3.8, 4) is 0 Å². The number of hydrogen-bond acceptors (Lipinski definition) is 12. The summed E-state index contributed by atoms with van der Waals surface area (Å²) < 4.78 is 27.7. The molecule has 3 saturated heterocycles. The monoisotopic (exact) mass is 426 g/mol. The third-order valence-corrected chi connectivity index (χ3v) is 5.46. The zero-order chi connectivity index (χ0) is 21.5. The summed E-state index contributed by atoms with van der Waals surface area (Å²) in [4.78, 5) is 0. The summed E-state index contributed by atoms with van der Waals surface area (Å²) in [6.07, 6.45) is -14.1. The summed E-state index contributed by atoms with van der Waals surface area (Å²) in [6.45, 7) is 1.94. The van der Waals surface area contributed by atoms with Gasteiger partial charge < -0.3 is 59.4 Å². The summed E-state index contributed by atoms with van der Waals surface area (Å²) >= 11 is 0. The molecule has 4 unspecified atom stereocenters. The van der Waals surface area contributed by atoms with Crippen LogP contribution in [0.1, 0.15) is 13.8 Å². The van der Waals surface area contributed by atoms with Gasteiger partial charge in [-0.2, -0.15) is 0 Å². The van der Waals surface area contributed by atoms with E-state index in [4.69, 9.17) is 23.7 Å². The first-order chi connectivity index (χ1) is 13.6. The van der Waals surface area contributed by atoms with Crippen molar-refractivity contribution in [2.75, 3.05) is 19.8 Å². The quantitative estimate of drug-likeness (QED) is 0.225. The van der Waals surface area contributed by atoms with E-state index >= 15 is 0 Å². The van der Waals surface area contributed by atoms with Crippen molar-refractivity contribution in [3.05, 3.63) is 0 Å². The average Bonchev–Trinajstić information content (AvgIpc) is 2.69. The largest absolute Gasteiger partial charge is 0.394 e. The molecule has 0 saturated carbocycles. The van der Waals surface area contributed by atoms with Gasteiger partial charge >= 0.3 is 0 Å². The predicted octanol–water partition coefficient (Wildman–Crippen LogP) is -4.20. The van der Waals surface area contributed by atoms with E-state index in [1.165, 1.54) is 13.8 Å². The minimum Gasteiger partial charge on any atom is -0.394 e. The topological polar surface area (TPSA) is 188 Å². The minimum atomic E-state index is -1.69. The first kappa shape index (κ1) is 23.2. The molecule has 0 spiro atoms. The Bertz CT molecular complexity index is 539. The van der Waals surface area contributed by atoms with Gasteiger partial charge in [-0.3, -0.25) is 0 Å². The smallest absolute Gasteiger partial charge is 0.189 e. The van der Waals surface area contributed by atoms with Crippen LogP contribution in [0.25, 0.3) is 0 Å². The van der Waals surface area contributed by atoms with Crippen molar-refractivity contribution in [3.63, 3.8) is 0 Å². The normalized spacial score (nSPS) is 48.9. The summed E-state index contributed by atoms with van der Waals surface area (Å²) in [6, 6.07) is 0. The molecule has 0 bridgehead atoms. The lowest BCUT2D eigenvalue weighted by Crippen LogP contribution is -2.67. The first-order valence-corrected chi connectivity index (χ1v) is 9.48. The van der Waals surface area contributed by atoms with E-state index in [0.29, 0.717) is 0 Å². The van der Waals surface area contributed by atoms with E-state index < -0.39 is 86.3 Å². The maximum Gasteiger partial charge on any atom is 0.189 e. The van der Waals surface area contributed by atoms with Gasteiger partial charge in [0.05, 0.1) is 25.4 Å². The molecule has 0 amide bonds. The molecule has 7 N–H and O–H groups in total. The van der Waals surface area contributed by atoms with Crippen LogP contribution in [0.3, 0.4) is 0 Å². The Morgan fingerprint density at radius 1 is 0.793 bits per heavy atom. The molecule has 3 aliphatic heterocycles. The second-order valence-electron chi connectivity index (χ2n) is 8.09. The molecule has 0 aliphatic carbocycles. The molecule has 12 heteroatoms. The lowest BCUT2D eigenvalue weighted by molar-refractivity contribution is -0.393. The number of aliphatic hydroxyl groups is 7. The minimum absolute atomic E-state index is 0.0233. The van der Waals surface area contributed by atoms with Crippen LogP contribution in [0.5, 0.6) is 0 Å². The Balaban J connectivity index is 1.74. The first-order valence-electron chi connectivity index (χ1n) is 9.48. The van der Waals surface area contributed by atoms with Gasteiger partial charge in [0.2, 0.25) is 0 Å².